The van der Waals surface area contributed by atoms with E-state index in [2.05, 4.69) is 26.0 Å². The second kappa shape index (κ2) is 9.65. The largest absolute Gasteiger partial charge is 0.508 e. The molecule has 0 aliphatic heterocycles. The molecule has 0 aliphatic carbocycles. The highest BCUT2D eigenvalue weighted by atomic mass is 16.3. The maximum atomic E-state index is 13.1. The van der Waals surface area contributed by atoms with Crippen LogP contribution >= 0.6 is 0 Å². The average molecular weight is 457 g/mol. The van der Waals surface area contributed by atoms with Gasteiger partial charge in [0.1, 0.15) is 17.2 Å². The lowest BCUT2D eigenvalue weighted by molar-refractivity contribution is -0.123. The Hall–Kier alpha value is -4.99. The van der Waals surface area contributed by atoms with Crippen molar-refractivity contribution in [1.82, 2.24) is 20.9 Å². The van der Waals surface area contributed by atoms with Crippen LogP contribution in [0.4, 0.5) is 0 Å². The van der Waals surface area contributed by atoms with Gasteiger partial charge in [-0.1, -0.05) is 36.4 Å². The number of phenols is 2. The van der Waals surface area contributed by atoms with E-state index in [0.29, 0.717) is 16.3 Å². The topological polar surface area (TPSA) is 157 Å². The summed E-state index contributed by atoms with van der Waals surface area (Å²) in [5.74, 6) is -1.62. The fourth-order valence-electron chi connectivity index (χ4n) is 3.29. The minimum Gasteiger partial charge on any atom is -0.508 e. The number of carbonyl (C=O) groups is 2. The van der Waals surface area contributed by atoms with Gasteiger partial charge in [-0.3, -0.25) is 14.4 Å². The van der Waals surface area contributed by atoms with Crippen LogP contribution in [0, 0.1) is 0 Å². The number of phenolic OH excluding ortho intramolecular Hbond substituents is 2. The SMILES string of the molecule is O=C(N[C@@H](C(=O)N/N=C\c1ccc(O)cc1O)c1n[nH]c(=O)c2ccccc12)c1ccccc1. The zero-order valence-corrected chi connectivity index (χ0v) is 17.6. The van der Waals surface area contributed by atoms with Crippen LogP contribution in [0.25, 0.3) is 10.8 Å². The van der Waals surface area contributed by atoms with Crippen LogP contribution in [0.5, 0.6) is 11.5 Å². The van der Waals surface area contributed by atoms with Gasteiger partial charge in [-0.2, -0.15) is 10.2 Å². The molecule has 4 aromatic rings. The highest BCUT2D eigenvalue weighted by Gasteiger charge is 2.27. The number of H-pyrrole nitrogens is 1. The minimum atomic E-state index is -1.31. The molecule has 0 unspecified atom stereocenters. The van der Waals surface area contributed by atoms with Gasteiger partial charge in [0, 0.05) is 22.6 Å². The van der Waals surface area contributed by atoms with Gasteiger partial charge in [0.05, 0.1) is 11.6 Å². The summed E-state index contributed by atoms with van der Waals surface area (Å²) in [6, 6.07) is 17.5. The summed E-state index contributed by atoms with van der Waals surface area (Å²) in [7, 11) is 0. The van der Waals surface area contributed by atoms with Crippen LogP contribution in [-0.2, 0) is 4.79 Å². The summed E-state index contributed by atoms with van der Waals surface area (Å²) in [5, 5.41) is 32.8. The van der Waals surface area contributed by atoms with Crippen molar-refractivity contribution in [2.45, 2.75) is 6.04 Å². The smallest absolute Gasteiger partial charge is 0.272 e. The molecule has 170 valence electrons. The summed E-state index contributed by atoms with van der Waals surface area (Å²) >= 11 is 0. The third-order valence-electron chi connectivity index (χ3n) is 4.96. The highest BCUT2D eigenvalue weighted by Crippen LogP contribution is 2.22. The number of nitrogens with one attached hydrogen (secondary N) is 3. The van der Waals surface area contributed by atoms with Crippen LogP contribution in [-0.4, -0.2) is 38.4 Å². The molecule has 1 aromatic heterocycles. The molecule has 0 spiro atoms. The Labute approximate surface area is 192 Å². The molecule has 4 rings (SSSR count). The molecule has 10 heteroatoms. The molecule has 2 amide bonds. The Morgan fingerprint density at radius 2 is 1.68 bits per heavy atom. The molecule has 3 aromatic carbocycles. The summed E-state index contributed by atoms with van der Waals surface area (Å²) < 4.78 is 0. The number of hydrazone groups is 1. The zero-order valence-electron chi connectivity index (χ0n) is 17.6. The first-order chi connectivity index (χ1) is 16.4. The summed E-state index contributed by atoms with van der Waals surface area (Å²) in [6.45, 7) is 0. The van der Waals surface area contributed by atoms with Crippen LogP contribution in [0.3, 0.4) is 0 Å². The van der Waals surface area contributed by atoms with Crippen molar-refractivity contribution in [1.29, 1.82) is 0 Å². The number of aromatic nitrogens is 2. The van der Waals surface area contributed by atoms with E-state index in [1.807, 2.05) is 0 Å². The number of benzene rings is 3. The number of aromatic hydroxyl groups is 2. The Balaban J connectivity index is 1.67. The van der Waals surface area contributed by atoms with Crippen molar-refractivity contribution in [2.75, 3.05) is 0 Å². The summed E-state index contributed by atoms with van der Waals surface area (Å²) in [5.41, 5.74) is 2.58. The van der Waals surface area contributed by atoms with Gasteiger partial charge in [-0.15, -0.1) is 0 Å². The van der Waals surface area contributed by atoms with Crippen molar-refractivity contribution in [2.24, 2.45) is 5.10 Å². The molecule has 0 saturated carbocycles. The molecule has 5 N–H and O–H groups in total. The Morgan fingerprint density at radius 1 is 0.971 bits per heavy atom. The molecule has 1 atom stereocenters. The summed E-state index contributed by atoms with van der Waals surface area (Å²) in [6.07, 6.45) is 1.18. The summed E-state index contributed by atoms with van der Waals surface area (Å²) in [4.78, 5) is 38.1. The molecular formula is C24H19N5O5. The lowest BCUT2D eigenvalue weighted by Crippen LogP contribution is -2.40. The Bertz CT molecular complexity index is 1450. The van der Waals surface area contributed by atoms with E-state index >= 15 is 0 Å². The van der Waals surface area contributed by atoms with Gasteiger partial charge in [0.15, 0.2) is 6.04 Å². The molecule has 0 bridgehead atoms. The van der Waals surface area contributed by atoms with E-state index in [4.69, 9.17) is 0 Å². The Morgan fingerprint density at radius 3 is 2.41 bits per heavy atom. The number of hydrogen-bond donors (Lipinski definition) is 5. The standard InChI is InChI=1S/C24H19N5O5/c30-16-11-10-15(19(31)12-16)13-25-28-24(34)21(26-22(32)14-6-2-1-3-7-14)20-17-8-4-5-9-18(17)23(33)29-27-20/h1-13,21,30-31H,(H,26,32)(H,28,34)(H,29,33)/b25-13-/t21-/m1/s1. The monoisotopic (exact) mass is 457 g/mol. The van der Waals surface area contributed by atoms with Crippen molar-refractivity contribution in [3.8, 4) is 11.5 Å². The van der Waals surface area contributed by atoms with E-state index in [1.54, 1.807) is 54.6 Å². The first-order valence-electron chi connectivity index (χ1n) is 10.1. The average Bonchev–Trinajstić information content (AvgIpc) is 2.85. The quantitative estimate of drug-likeness (QED) is 0.220. The van der Waals surface area contributed by atoms with Crippen LogP contribution in [0.2, 0.25) is 0 Å². The molecule has 1 heterocycles. The number of nitrogens with zero attached hydrogens (tertiary/aromatic N) is 2. The van der Waals surface area contributed by atoms with Gasteiger partial charge in [-0.25, -0.2) is 10.5 Å². The Kier molecular flexibility index (Phi) is 6.31. The number of amides is 2. The molecular weight excluding hydrogens is 438 g/mol. The maximum Gasteiger partial charge on any atom is 0.272 e. The van der Waals surface area contributed by atoms with Gasteiger partial charge in [0.2, 0.25) is 0 Å². The predicted molar refractivity (Wildman–Crippen MR) is 125 cm³/mol. The van der Waals surface area contributed by atoms with E-state index < -0.39 is 23.4 Å². The van der Waals surface area contributed by atoms with Crippen LogP contribution in [0.1, 0.15) is 27.7 Å². The first kappa shape index (κ1) is 22.2. The minimum absolute atomic E-state index is 0.125. The van der Waals surface area contributed by atoms with Crippen molar-refractivity contribution >= 4 is 28.8 Å². The second-order valence-corrected chi connectivity index (χ2v) is 7.23. The number of rotatable bonds is 6. The number of carbonyl (C=O) groups excluding carboxylic acids is 2. The van der Waals surface area contributed by atoms with E-state index in [1.165, 1.54) is 18.3 Å². The van der Waals surface area contributed by atoms with E-state index in [0.717, 1.165) is 6.07 Å². The van der Waals surface area contributed by atoms with Crippen molar-refractivity contribution in [3.05, 3.63) is 100.0 Å². The van der Waals surface area contributed by atoms with Crippen molar-refractivity contribution in [3.63, 3.8) is 0 Å². The van der Waals surface area contributed by atoms with E-state index in [9.17, 15) is 24.6 Å². The zero-order chi connectivity index (χ0) is 24.1. The fraction of sp³-hybridized carbons (Fsp3) is 0.0417. The lowest BCUT2D eigenvalue weighted by atomic mass is 10.0. The molecule has 10 nitrogen and oxygen atoms in total. The highest BCUT2D eigenvalue weighted by molar-refractivity contribution is 5.99. The number of hydrogen-bond acceptors (Lipinski definition) is 7. The number of fused-ring (bicyclic) bond motifs is 1. The van der Waals surface area contributed by atoms with Crippen molar-refractivity contribution < 1.29 is 19.8 Å². The second-order valence-electron chi connectivity index (χ2n) is 7.23. The normalized spacial score (nSPS) is 11.9. The van der Waals surface area contributed by atoms with Gasteiger partial charge >= 0.3 is 0 Å². The van der Waals surface area contributed by atoms with Crippen LogP contribution in [0.15, 0.2) is 82.7 Å². The first-order valence-corrected chi connectivity index (χ1v) is 10.1. The third kappa shape index (κ3) is 4.75. The molecule has 0 fully saturated rings. The van der Waals surface area contributed by atoms with Gasteiger partial charge in [0.25, 0.3) is 17.4 Å². The number of aromatic amines is 1. The molecule has 0 aliphatic rings. The molecule has 34 heavy (non-hydrogen) atoms. The van der Waals surface area contributed by atoms with Gasteiger partial charge < -0.3 is 15.5 Å². The predicted octanol–water partition coefficient (Wildman–Crippen LogP) is 1.96. The third-order valence-corrected chi connectivity index (χ3v) is 4.96. The van der Waals surface area contributed by atoms with Crippen LogP contribution < -0.4 is 16.3 Å². The van der Waals surface area contributed by atoms with E-state index in [-0.39, 0.29) is 22.8 Å². The lowest BCUT2D eigenvalue weighted by Gasteiger charge is -2.18. The molecule has 0 saturated heterocycles. The fourth-order valence-corrected chi connectivity index (χ4v) is 3.29. The maximum absolute atomic E-state index is 13.1. The molecule has 0 radical (unpaired) electrons. The van der Waals surface area contributed by atoms with Gasteiger partial charge in [-0.05, 0) is 30.3 Å².